The van der Waals surface area contributed by atoms with Crippen LogP contribution in [0.3, 0.4) is 0 Å². The first-order valence-electron chi connectivity index (χ1n) is 4.59. The third kappa shape index (κ3) is 2.82. The molecule has 0 bridgehead atoms. The summed E-state index contributed by atoms with van der Waals surface area (Å²) in [6.07, 6.45) is -2.05. The first-order chi connectivity index (χ1) is 7.08. The number of benzene rings is 1. The highest BCUT2D eigenvalue weighted by atomic mass is 16.5. The zero-order chi connectivity index (χ0) is 11.4. The van der Waals surface area contributed by atoms with E-state index in [1.807, 2.05) is 0 Å². The molecule has 1 rings (SSSR count). The molecule has 1 aromatic carbocycles. The van der Waals surface area contributed by atoms with Crippen LogP contribution in [-0.4, -0.2) is 30.0 Å². The van der Waals surface area contributed by atoms with Crippen LogP contribution in [0.2, 0.25) is 0 Å². The van der Waals surface area contributed by atoms with Crippen LogP contribution in [0.5, 0.6) is 5.75 Å². The minimum Gasteiger partial charge on any atom is -0.497 e. The molecule has 0 spiro atoms. The Morgan fingerprint density at radius 1 is 1.33 bits per heavy atom. The first-order valence-corrected chi connectivity index (χ1v) is 4.59. The van der Waals surface area contributed by atoms with Crippen molar-refractivity contribution in [1.82, 2.24) is 0 Å². The van der Waals surface area contributed by atoms with Gasteiger partial charge in [-0.05, 0) is 17.7 Å². The van der Waals surface area contributed by atoms with Crippen LogP contribution in [0.15, 0.2) is 18.2 Å². The predicted molar refractivity (Wildman–Crippen MR) is 57.4 cm³/mol. The Labute approximate surface area is 88.3 Å². The highest BCUT2D eigenvalue weighted by Gasteiger charge is 2.17. The van der Waals surface area contributed by atoms with Crippen LogP contribution in [0.4, 0.5) is 5.69 Å². The number of aliphatic hydroxyl groups excluding tert-OH is 2. The third-order valence-electron chi connectivity index (χ3n) is 2.13. The fourth-order valence-corrected chi connectivity index (χ4v) is 1.29. The number of hydrogen-bond acceptors (Lipinski definition) is 5. The van der Waals surface area contributed by atoms with Gasteiger partial charge in [0, 0.05) is 18.3 Å². The Balaban J connectivity index is 2.97. The van der Waals surface area contributed by atoms with E-state index in [4.69, 9.17) is 16.2 Å². The van der Waals surface area contributed by atoms with Crippen molar-refractivity contribution in [3.63, 3.8) is 0 Å². The zero-order valence-corrected chi connectivity index (χ0v) is 8.55. The van der Waals surface area contributed by atoms with E-state index in [1.54, 1.807) is 18.2 Å². The molecule has 0 aromatic heterocycles. The second-order valence-electron chi connectivity index (χ2n) is 3.29. The Hall–Kier alpha value is -1.30. The van der Waals surface area contributed by atoms with Gasteiger partial charge in [-0.2, -0.15) is 0 Å². The zero-order valence-electron chi connectivity index (χ0n) is 8.55. The van der Waals surface area contributed by atoms with Crippen molar-refractivity contribution in [3.05, 3.63) is 23.8 Å². The monoisotopic (exact) mass is 212 g/mol. The molecule has 0 amide bonds. The summed E-state index contributed by atoms with van der Waals surface area (Å²) in [5.41, 5.74) is 11.8. The molecule has 0 saturated heterocycles. The maximum atomic E-state index is 9.69. The van der Waals surface area contributed by atoms with Crippen LogP contribution in [0.25, 0.3) is 0 Å². The number of ether oxygens (including phenoxy) is 1. The van der Waals surface area contributed by atoms with Crippen molar-refractivity contribution >= 4 is 5.69 Å². The van der Waals surface area contributed by atoms with Crippen LogP contribution < -0.4 is 16.2 Å². The maximum absolute atomic E-state index is 9.69. The molecule has 6 N–H and O–H groups in total. The van der Waals surface area contributed by atoms with E-state index in [2.05, 4.69) is 0 Å². The molecule has 5 heteroatoms. The number of rotatable bonds is 4. The molecule has 0 fully saturated rings. The Bertz CT molecular complexity index is 330. The molecule has 0 aliphatic rings. The van der Waals surface area contributed by atoms with Gasteiger partial charge < -0.3 is 26.4 Å². The largest absolute Gasteiger partial charge is 0.497 e. The average Bonchev–Trinajstić information content (AvgIpc) is 2.26. The van der Waals surface area contributed by atoms with Gasteiger partial charge in [-0.3, -0.25) is 0 Å². The van der Waals surface area contributed by atoms with E-state index in [9.17, 15) is 10.2 Å². The topological polar surface area (TPSA) is 102 Å². The number of anilines is 1. The number of hydrogen-bond donors (Lipinski definition) is 4. The molecule has 2 atom stereocenters. The van der Waals surface area contributed by atoms with Gasteiger partial charge in [0.1, 0.15) is 11.9 Å². The summed E-state index contributed by atoms with van der Waals surface area (Å²) in [5.74, 6) is 0.535. The minimum atomic E-state index is -1.05. The number of aliphatic hydroxyl groups is 2. The minimum absolute atomic E-state index is 0.0156. The van der Waals surface area contributed by atoms with Crippen molar-refractivity contribution in [1.29, 1.82) is 0 Å². The summed E-state index contributed by atoms with van der Waals surface area (Å²) in [5, 5.41) is 19.1. The van der Waals surface area contributed by atoms with Gasteiger partial charge in [0.2, 0.25) is 0 Å². The molecule has 1 aromatic rings. The van der Waals surface area contributed by atoms with Gasteiger partial charge in [-0.15, -0.1) is 0 Å². The molecular formula is C10H16N2O3. The van der Waals surface area contributed by atoms with Crippen molar-refractivity contribution in [2.45, 2.75) is 12.2 Å². The summed E-state index contributed by atoms with van der Waals surface area (Å²) in [4.78, 5) is 0. The summed E-state index contributed by atoms with van der Waals surface area (Å²) in [7, 11) is 1.50. The lowest BCUT2D eigenvalue weighted by molar-refractivity contribution is 0.0243. The highest BCUT2D eigenvalue weighted by Crippen LogP contribution is 2.24. The van der Waals surface area contributed by atoms with E-state index in [1.165, 1.54) is 7.11 Å². The van der Waals surface area contributed by atoms with Crippen LogP contribution in [-0.2, 0) is 0 Å². The lowest BCUT2D eigenvalue weighted by Crippen LogP contribution is -2.27. The van der Waals surface area contributed by atoms with Gasteiger partial charge in [-0.25, -0.2) is 0 Å². The number of nitrogen functional groups attached to an aromatic ring is 1. The Morgan fingerprint density at radius 3 is 2.53 bits per heavy atom. The van der Waals surface area contributed by atoms with E-state index in [-0.39, 0.29) is 6.54 Å². The standard InChI is InChI=1S/C10H16N2O3/c1-15-8-3-6(2-7(12)4-8)10(14)9(13)5-11/h2-4,9-10,13-14H,5,11-12H2,1H3. The second-order valence-corrected chi connectivity index (χ2v) is 3.29. The smallest absolute Gasteiger partial charge is 0.121 e. The molecule has 15 heavy (non-hydrogen) atoms. The molecular weight excluding hydrogens is 196 g/mol. The molecule has 5 nitrogen and oxygen atoms in total. The Morgan fingerprint density at radius 2 is 2.00 bits per heavy atom. The fourth-order valence-electron chi connectivity index (χ4n) is 1.29. The molecule has 2 unspecified atom stereocenters. The third-order valence-corrected chi connectivity index (χ3v) is 2.13. The number of methoxy groups -OCH3 is 1. The van der Waals surface area contributed by atoms with E-state index >= 15 is 0 Å². The van der Waals surface area contributed by atoms with Crippen molar-refractivity contribution in [3.8, 4) is 5.75 Å². The number of nitrogens with two attached hydrogens (primary N) is 2. The van der Waals surface area contributed by atoms with Gasteiger partial charge in [0.15, 0.2) is 0 Å². The molecule has 0 aliphatic heterocycles. The summed E-state index contributed by atoms with van der Waals surface area (Å²) < 4.78 is 5.00. The first kappa shape index (κ1) is 11.8. The fraction of sp³-hybridized carbons (Fsp3) is 0.400. The SMILES string of the molecule is COc1cc(N)cc(C(O)C(O)CN)c1. The van der Waals surface area contributed by atoms with Gasteiger partial charge in [0.25, 0.3) is 0 Å². The maximum Gasteiger partial charge on any atom is 0.121 e. The molecule has 0 saturated carbocycles. The normalized spacial score (nSPS) is 14.7. The predicted octanol–water partition coefficient (Wildman–Crippen LogP) is -0.370. The summed E-state index contributed by atoms with van der Waals surface area (Å²) in [6, 6.07) is 4.82. The lowest BCUT2D eigenvalue weighted by atomic mass is 10.0. The van der Waals surface area contributed by atoms with Crippen molar-refractivity contribution in [2.75, 3.05) is 19.4 Å². The summed E-state index contributed by atoms with van der Waals surface area (Å²) >= 11 is 0. The van der Waals surface area contributed by atoms with E-state index < -0.39 is 12.2 Å². The van der Waals surface area contributed by atoms with Crippen LogP contribution in [0.1, 0.15) is 11.7 Å². The molecule has 84 valence electrons. The van der Waals surface area contributed by atoms with Crippen LogP contribution >= 0.6 is 0 Å². The van der Waals surface area contributed by atoms with Gasteiger partial charge in [0.05, 0.1) is 13.2 Å². The Kier molecular flexibility index (Phi) is 3.90. The quantitative estimate of drug-likeness (QED) is 0.510. The van der Waals surface area contributed by atoms with Crippen LogP contribution in [0, 0.1) is 0 Å². The molecule has 0 heterocycles. The van der Waals surface area contributed by atoms with E-state index in [0.29, 0.717) is 17.0 Å². The molecule has 0 radical (unpaired) electrons. The van der Waals surface area contributed by atoms with Crippen molar-refractivity contribution in [2.24, 2.45) is 5.73 Å². The van der Waals surface area contributed by atoms with Gasteiger partial charge >= 0.3 is 0 Å². The second kappa shape index (κ2) is 4.97. The average molecular weight is 212 g/mol. The lowest BCUT2D eigenvalue weighted by Gasteiger charge is -2.17. The van der Waals surface area contributed by atoms with E-state index in [0.717, 1.165) is 0 Å². The van der Waals surface area contributed by atoms with Gasteiger partial charge in [-0.1, -0.05) is 0 Å². The van der Waals surface area contributed by atoms with Crippen molar-refractivity contribution < 1.29 is 14.9 Å². The highest BCUT2D eigenvalue weighted by molar-refractivity contribution is 5.48. The summed E-state index contributed by atoms with van der Waals surface area (Å²) in [6.45, 7) is -0.0156. The molecule has 0 aliphatic carbocycles.